The van der Waals surface area contributed by atoms with Gasteiger partial charge in [-0.15, -0.1) is 0 Å². The van der Waals surface area contributed by atoms with Crippen molar-refractivity contribution in [2.45, 2.75) is 13.0 Å². The smallest absolute Gasteiger partial charge is 0.338 e. The number of phenols is 1. The van der Waals surface area contributed by atoms with E-state index in [1.54, 1.807) is 36.2 Å². The molecule has 7 nitrogen and oxygen atoms in total. The first-order valence-electron chi connectivity index (χ1n) is 11.6. The quantitative estimate of drug-likeness (QED) is 0.402. The predicted molar refractivity (Wildman–Crippen MR) is 137 cm³/mol. The SMILES string of the molecule is CCOC(=O)C1=C(c2ccccc2)N2C=C(C(=O)c3ccccc3O)C=NC2=NC1c1ccccc1. The summed E-state index contributed by atoms with van der Waals surface area (Å²) in [6.45, 7) is 1.96. The van der Waals surface area contributed by atoms with Crippen molar-refractivity contribution in [1.29, 1.82) is 0 Å². The summed E-state index contributed by atoms with van der Waals surface area (Å²) in [5.74, 6) is -0.676. The van der Waals surface area contributed by atoms with E-state index < -0.39 is 17.8 Å². The van der Waals surface area contributed by atoms with Gasteiger partial charge in [-0.2, -0.15) is 0 Å². The Hall–Kier alpha value is -4.78. The van der Waals surface area contributed by atoms with Crippen LogP contribution in [0.2, 0.25) is 0 Å². The number of para-hydroxylation sites is 1. The molecule has 2 aliphatic heterocycles. The molecule has 0 fully saturated rings. The van der Waals surface area contributed by atoms with E-state index >= 15 is 0 Å². The molecule has 0 saturated carbocycles. The van der Waals surface area contributed by atoms with Crippen LogP contribution in [0.15, 0.2) is 112 Å². The second-order valence-electron chi connectivity index (χ2n) is 8.15. The summed E-state index contributed by atoms with van der Waals surface area (Å²) in [6, 6.07) is 24.6. The van der Waals surface area contributed by atoms with E-state index in [0.29, 0.717) is 17.2 Å². The molecule has 3 aromatic rings. The molecule has 2 aliphatic rings. The monoisotopic (exact) mass is 477 g/mol. The predicted octanol–water partition coefficient (Wildman–Crippen LogP) is 4.93. The number of phenolic OH excluding ortho intramolecular Hbond substituents is 1. The number of aromatic hydroxyl groups is 1. The number of rotatable bonds is 6. The lowest BCUT2D eigenvalue weighted by Gasteiger charge is -2.34. The molecule has 0 radical (unpaired) electrons. The van der Waals surface area contributed by atoms with Crippen molar-refractivity contribution in [1.82, 2.24) is 4.90 Å². The first-order chi connectivity index (χ1) is 17.6. The van der Waals surface area contributed by atoms with Crippen LogP contribution in [-0.4, -0.2) is 40.5 Å². The van der Waals surface area contributed by atoms with Gasteiger partial charge in [-0.1, -0.05) is 72.8 Å². The molecule has 0 aromatic heterocycles. The van der Waals surface area contributed by atoms with E-state index in [1.807, 2.05) is 60.7 Å². The highest BCUT2D eigenvalue weighted by atomic mass is 16.5. The molecule has 2 heterocycles. The Morgan fingerprint density at radius 1 is 0.944 bits per heavy atom. The summed E-state index contributed by atoms with van der Waals surface area (Å²) >= 11 is 0. The number of hydrogen-bond donors (Lipinski definition) is 1. The molecule has 0 amide bonds. The van der Waals surface area contributed by atoms with Crippen molar-refractivity contribution in [3.63, 3.8) is 0 Å². The third-order valence-electron chi connectivity index (χ3n) is 5.89. The Labute approximate surface area is 208 Å². The molecule has 1 atom stereocenters. The zero-order valence-electron chi connectivity index (χ0n) is 19.5. The maximum absolute atomic E-state index is 13.4. The average molecular weight is 478 g/mol. The lowest BCUT2D eigenvalue weighted by molar-refractivity contribution is -0.138. The number of ether oxygens (including phenoxy) is 1. The van der Waals surface area contributed by atoms with Gasteiger partial charge in [0.25, 0.3) is 0 Å². The van der Waals surface area contributed by atoms with Crippen molar-refractivity contribution in [2.75, 3.05) is 6.61 Å². The molecule has 1 N–H and O–H groups in total. The largest absolute Gasteiger partial charge is 0.507 e. The molecule has 0 bridgehead atoms. The lowest BCUT2D eigenvalue weighted by Crippen LogP contribution is -2.35. The topological polar surface area (TPSA) is 91.6 Å². The highest BCUT2D eigenvalue weighted by Crippen LogP contribution is 2.40. The van der Waals surface area contributed by atoms with Crippen LogP contribution in [0.25, 0.3) is 5.70 Å². The summed E-state index contributed by atoms with van der Waals surface area (Å²) in [5.41, 5.74) is 2.84. The number of benzene rings is 3. The zero-order chi connectivity index (χ0) is 25.1. The molecule has 0 spiro atoms. The van der Waals surface area contributed by atoms with Gasteiger partial charge in [-0.05, 0) is 30.2 Å². The van der Waals surface area contributed by atoms with E-state index in [0.717, 1.165) is 11.1 Å². The van der Waals surface area contributed by atoms with Gasteiger partial charge < -0.3 is 9.84 Å². The van der Waals surface area contributed by atoms with Crippen LogP contribution in [0, 0.1) is 0 Å². The van der Waals surface area contributed by atoms with Crippen molar-refractivity contribution in [3.05, 3.63) is 119 Å². The number of aliphatic imine (C=N–C) groups is 2. The number of carbonyl (C=O) groups excluding carboxylic acids is 2. The van der Waals surface area contributed by atoms with Crippen LogP contribution < -0.4 is 0 Å². The number of Topliss-reactive ketones (excluding diaryl/α,β-unsaturated/α-hetero) is 1. The van der Waals surface area contributed by atoms with Gasteiger partial charge in [0.15, 0.2) is 5.78 Å². The number of guanidine groups is 1. The van der Waals surface area contributed by atoms with Gasteiger partial charge in [-0.25, -0.2) is 14.8 Å². The molecule has 1 unspecified atom stereocenters. The number of ketones is 1. The van der Waals surface area contributed by atoms with E-state index in [1.165, 1.54) is 12.3 Å². The fraction of sp³-hybridized carbons (Fsp3) is 0.103. The maximum atomic E-state index is 13.4. The van der Waals surface area contributed by atoms with Gasteiger partial charge in [0.1, 0.15) is 11.8 Å². The van der Waals surface area contributed by atoms with Crippen molar-refractivity contribution >= 4 is 29.6 Å². The lowest BCUT2D eigenvalue weighted by atomic mass is 9.92. The van der Waals surface area contributed by atoms with Crippen LogP contribution in [-0.2, 0) is 9.53 Å². The standard InChI is InChI=1S/C29H23N3O4/c1-2-36-28(35)24-25(19-11-5-3-6-12-19)31-29-30-17-21(27(34)22-15-9-10-16-23(22)33)18-32(29)26(24)20-13-7-4-8-14-20/h3-18,25,33H,2H2,1H3. The summed E-state index contributed by atoms with van der Waals surface area (Å²) in [6.07, 6.45) is 3.04. The Morgan fingerprint density at radius 3 is 2.31 bits per heavy atom. The van der Waals surface area contributed by atoms with Gasteiger partial charge in [-0.3, -0.25) is 9.69 Å². The fourth-order valence-electron chi connectivity index (χ4n) is 4.24. The number of esters is 1. The summed E-state index contributed by atoms with van der Waals surface area (Å²) < 4.78 is 5.47. The molecule has 3 aromatic carbocycles. The average Bonchev–Trinajstić information content (AvgIpc) is 2.92. The van der Waals surface area contributed by atoms with Crippen LogP contribution >= 0.6 is 0 Å². The summed E-state index contributed by atoms with van der Waals surface area (Å²) in [7, 11) is 0. The molecule has 36 heavy (non-hydrogen) atoms. The number of carbonyl (C=O) groups is 2. The van der Waals surface area contributed by atoms with Gasteiger partial charge in [0.2, 0.25) is 5.96 Å². The van der Waals surface area contributed by atoms with Crippen molar-refractivity contribution < 1.29 is 19.4 Å². The highest BCUT2D eigenvalue weighted by molar-refractivity contribution is 6.25. The molecular formula is C29H23N3O4. The van der Waals surface area contributed by atoms with Crippen LogP contribution in [0.1, 0.15) is 34.5 Å². The third-order valence-corrected chi connectivity index (χ3v) is 5.89. The minimum atomic E-state index is -0.646. The zero-order valence-corrected chi connectivity index (χ0v) is 19.5. The van der Waals surface area contributed by atoms with Crippen LogP contribution in [0.3, 0.4) is 0 Å². The molecule has 0 aliphatic carbocycles. The molecular weight excluding hydrogens is 454 g/mol. The Bertz CT molecular complexity index is 1440. The first-order valence-corrected chi connectivity index (χ1v) is 11.6. The summed E-state index contributed by atoms with van der Waals surface area (Å²) in [5, 5.41) is 10.2. The third kappa shape index (κ3) is 4.22. The Morgan fingerprint density at radius 2 is 1.61 bits per heavy atom. The number of fused-ring (bicyclic) bond motifs is 1. The van der Waals surface area contributed by atoms with E-state index in [-0.39, 0.29) is 23.5 Å². The van der Waals surface area contributed by atoms with Crippen molar-refractivity contribution in [2.24, 2.45) is 9.98 Å². The molecule has 7 heteroatoms. The Kier molecular flexibility index (Phi) is 6.28. The van der Waals surface area contributed by atoms with Gasteiger partial charge in [0.05, 0.1) is 29.0 Å². The number of allylic oxidation sites excluding steroid dienone is 1. The Balaban J connectivity index is 1.70. The van der Waals surface area contributed by atoms with E-state index in [9.17, 15) is 14.7 Å². The molecule has 5 rings (SSSR count). The van der Waals surface area contributed by atoms with Gasteiger partial charge >= 0.3 is 5.97 Å². The van der Waals surface area contributed by atoms with E-state index in [2.05, 4.69) is 4.99 Å². The second-order valence-corrected chi connectivity index (χ2v) is 8.15. The minimum absolute atomic E-state index is 0.120. The minimum Gasteiger partial charge on any atom is -0.507 e. The normalized spacial score (nSPS) is 16.7. The maximum Gasteiger partial charge on any atom is 0.338 e. The van der Waals surface area contributed by atoms with Crippen LogP contribution in [0.5, 0.6) is 5.75 Å². The number of hydrogen-bond acceptors (Lipinski definition) is 7. The highest BCUT2D eigenvalue weighted by Gasteiger charge is 2.37. The number of nitrogens with zero attached hydrogens (tertiary/aromatic N) is 3. The molecule has 178 valence electrons. The summed E-state index contributed by atoms with van der Waals surface area (Å²) in [4.78, 5) is 37.6. The fourth-order valence-corrected chi connectivity index (χ4v) is 4.24. The molecule has 0 saturated heterocycles. The van der Waals surface area contributed by atoms with Gasteiger partial charge in [0, 0.05) is 12.4 Å². The van der Waals surface area contributed by atoms with E-state index in [4.69, 9.17) is 9.73 Å². The second kappa shape index (κ2) is 9.84. The van der Waals surface area contributed by atoms with Crippen molar-refractivity contribution in [3.8, 4) is 5.75 Å². The van der Waals surface area contributed by atoms with Crippen LogP contribution in [0.4, 0.5) is 0 Å². The first kappa shape index (κ1) is 23.0.